The van der Waals surface area contributed by atoms with E-state index in [0.29, 0.717) is 0 Å². The fourth-order valence-corrected chi connectivity index (χ4v) is 5.11. The van der Waals surface area contributed by atoms with Crippen molar-refractivity contribution in [3.63, 3.8) is 0 Å². The number of benzene rings is 3. The Morgan fingerprint density at radius 1 is 0.889 bits per heavy atom. The Hall–Kier alpha value is -2.41. The summed E-state index contributed by atoms with van der Waals surface area (Å²) < 4.78 is 0. The second-order valence-electron chi connectivity index (χ2n) is 8.66. The largest absolute Gasteiger partial charge is 0.247 e. The zero-order valence-corrected chi connectivity index (χ0v) is 16.6. The number of aliphatic imine (C=N–C) groups is 1. The van der Waals surface area contributed by atoms with Crippen molar-refractivity contribution in [2.75, 3.05) is 0 Å². The average molecular weight is 354 g/mol. The molecule has 0 spiro atoms. The summed E-state index contributed by atoms with van der Waals surface area (Å²) in [6.45, 7) is 6.53. The summed E-state index contributed by atoms with van der Waals surface area (Å²) in [5.41, 5.74) is 10.3. The molecule has 27 heavy (non-hydrogen) atoms. The van der Waals surface area contributed by atoms with Gasteiger partial charge < -0.3 is 0 Å². The first kappa shape index (κ1) is 16.7. The summed E-state index contributed by atoms with van der Waals surface area (Å²) in [4.78, 5) is 5.14. The monoisotopic (exact) mass is 353 g/mol. The molecule has 2 aliphatic rings. The minimum absolute atomic E-state index is 0.863. The Kier molecular flexibility index (Phi) is 3.93. The predicted octanol–water partition coefficient (Wildman–Crippen LogP) is 6.98. The highest BCUT2D eigenvalue weighted by atomic mass is 14.8. The van der Waals surface area contributed by atoms with Crippen molar-refractivity contribution >= 4 is 22.2 Å². The Bertz CT molecular complexity index is 1060. The standard InChI is InChI=1S/C26H27N/c1-16-10-17(2)12-22(11-16)26-23-15-20(13-19-6-4-5-7-19)14-21-9-8-18(3)25(27-26)24(21)23/h8-12,14-15,19H,4-7,13H2,1-3H3. The first-order chi connectivity index (χ1) is 13.1. The molecule has 1 heteroatoms. The molecule has 0 atom stereocenters. The molecule has 1 aliphatic heterocycles. The molecular formula is C26H27N. The second kappa shape index (κ2) is 6.34. The average Bonchev–Trinajstić information content (AvgIpc) is 3.26. The van der Waals surface area contributed by atoms with Crippen molar-refractivity contribution in [1.82, 2.24) is 0 Å². The van der Waals surface area contributed by atoms with E-state index in [1.54, 1.807) is 0 Å². The van der Waals surface area contributed by atoms with Gasteiger partial charge in [-0.1, -0.05) is 61.1 Å². The molecule has 0 N–H and O–H groups in total. The molecule has 136 valence electrons. The summed E-state index contributed by atoms with van der Waals surface area (Å²) >= 11 is 0. The van der Waals surface area contributed by atoms with Crippen LogP contribution in [-0.4, -0.2) is 5.71 Å². The van der Waals surface area contributed by atoms with Crippen molar-refractivity contribution in [3.05, 3.63) is 75.8 Å². The zero-order valence-electron chi connectivity index (χ0n) is 16.6. The topological polar surface area (TPSA) is 12.4 Å². The molecule has 0 amide bonds. The van der Waals surface area contributed by atoms with Crippen LogP contribution >= 0.6 is 0 Å². The predicted molar refractivity (Wildman–Crippen MR) is 116 cm³/mol. The van der Waals surface area contributed by atoms with Crippen molar-refractivity contribution in [2.45, 2.75) is 52.9 Å². The first-order valence-electron chi connectivity index (χ1n) is 10.3. The Morgan fingerprint density at radius 2 is 1.63 bits per heavy atom. The van der Waals surface area contributed by atoms with Crippen LogP contribution in [0.2, 0.25) is 0 Å². The van der Waals surface area contributed by atoms with Crippen LogP contribution in [0.1, 0.15) is 59.1 Å². The third kappa shape index (κ3) is 2.90. The van der Waals surface area contributed by atoms with E-state index in [4.69, 9.17) is 4.99 Å². The second-order valence-corrected chi connectivity index (χ2v) is 8.66. The van der Waals surface area contributed by atoms with E-state index < -0.39 is 0 Å². The van der Waals surface area contributed by atoms with Gasteiger partial charge in [0.25, 0.3) is 0 Å². The van der Waals surface area contributed by atoms with Gasteiger partial charge in [-0.05, 0) is 67.8 Å². The highest BCUT2D eigenvalue weighted by Crippen LogP contribution is 2.41. The molecular weight excluding hydrogens is 326 g/mol. The summed E-state index contributed by atoms with van der Waals surface area (Å²) in [7, 11) is 0. The van der Waals surface area contributed by atoms with E-state index in [-0.39, 0.29) is 0 Å². The number of nitrogens with zero attached hydrogens (tertiary/aromatic N) is 1. The number of hydrogen-bond acceptors (Lipinski definition) is 1. The van der Waals surface area contributed by atoms with Crippen LogP contribution in [0.25, 0.3) is 10.8 Å². The lowest BCUT2D eigenvalue weighted by molar-refractivity contribution is 0.547. The van der Waals surface area contributed by atoms with Gasteiger partial charge in [-0.2, -0.15) is 0 Å². The van der Waals surface area contributed by atoms with Crippen molar-refractivity contribution in [2.24, 2.45) is 10.9 Å². The molecule has 5 rings (SSSR count). The molecule has 1 heterocycles. The quantitative estimate of drug-likeness (QED) is 0.377. The molecule has 0 unspecified atom stereocenters. The van der Waals surface area contributed by atoms with Gasteiger partial charge in [0.15, 0.2) is 0 Å². The summed E-state index contributed by atoms with van der Waals surface area (Å²) in [6.07, 6.45) is 6.81. The minimum Gasteiger partial charge on any atom is -0.247 e. The van der Waals surface area contributed by atoms with Crippen molar-refractivity contribution < 1.29 is 0 Å². The van der Waals surface area contributed by atoms with Crippen LogP contribution in [0.4, 0.5) is 5.69 Å². The number of rotatable bonds is 3. The lowest BCUT2D eigenvalue weighted by Gasteiger charge is -2.13. The van der Waals surface area contributed by atoms with Crippen LogP contribution in [-0.2, 0) is 6.42 Å². The molecule has 1 nitrogen and oxygen atoms in total. The zero-order chi connectivity index (χ0) is 18.5. The summed E-state index contributed by atoms with van der Waals surface area (Å²) in [5, 5.41) is 2.70. The van der Waals surface area contributed by atoms with Gasteiger partial charge in [0, 0.05) is 16.5 Å². The van der Waals surface area contributed by atoms with Crippen LogP contribution in [0, 0.1) is 26.7 Å². The van der Waals surface area contributed by atoms with Gasteiger partial charge >= 0.3 is 0 Å². The van der Waals surface area contributed by atoms with E-state index >= 15 is 0 Å². The van der Waals surface area contributed by atoms with E-state index in [1.807, 2.05) is 0 Å². The molecule has 1 saturated carbocycles. The van der Waals surface area contributed by atoms with Crippen LogP contribution in [0.15, 0.2) is 47.5 Å². The highest BCUT2D eigenvalue weighted by molar-refractivity contribution is 6.26. The molecule has 0 bridgehead atoms. The normalized spacial score (nSPS) is 16.3. The van der Waals surface area contributed by atoms with E-state index in [2.05, 4.69) is 63.2 Å². The molecule has 0 radical (unpaired) electrons. The summed E-state index contributed by atoms with van der Waals surface area (Å²) in [5.74, 6) is 0.863. The van der Waals surface area contributed by atoms with Gasteiger partial charge in [0.2, 0.25) is 0 Å². The maximum absolute atomic E-state index is 5.14. The molecule has 1 fully saturated rings. The lowest BCUT2D eigenvalue weighted by Crippen LogP contribution is -2.04. The van der Waals surface area contributed by atoms with E-state index in [0.717, 1.165) is 11.6 Å². The smallest absolute Gasteiger partial charge is 0.0789 e. The third-order valence-corrected chi connectivity index (χ3v) is 6.32. The number of aryl methyl sites for hydroxylation is 3. The lowest BCUT2D eigenvalue weighted by atomic mass is 9.90. The SMILES string of the molecule is Cc1cc(C)cc(C2=Nc3c(C)ccc4cc(CC5CCCC5)cc2c34)c1. The minimum atomic E-state index is 0.863. The fourth-order valence-electron chi connectivity index (χ4n) is 5.11. The molecule has 3 aromatic rings. The van der Waals surface area contributed by atoms with Gasteiger partial charge in [-0.15, -0.1) is 0 Å². The number of hydrogen-bond donors (Lipinski definition) is 0. The molecule has 0 aromatic heterocycles. The Labute approximate surface area is 162 Å². The first-order valence-corrected chi connectivity index (χ1v) is 10.3. The Balaban J connectivity index is 1.68. The highest BCUT2D eigenvalue weighted by Gasteiger charge is 2.24. The van der Waals surface area contributed by atoms with Gasteiger partial charge in [-0.25, -0.2) is 4.99 Å². The van der Waals surface area contributed by atoms with Gasteiger partial charge in [0.1, 0.15) is 0 Å². The van der Waals surface area contributed by atoms with Gasteiger partial charge in [-0.3, -0.25) is 0 Å². The molecule has 3 aromatic carbocycles. The maximum Gasteiger partial charge on any atom is 0.0789 e. The van der Waals surface area contributed by atoms with Crippen LogP contribution in [0.5, 0.6) is 0 Å². The molecule has 1 aliphatic carbocycles. The molecule has 0 saturated heterocycles. The van der Waals surface area contributed by atoms with E-state index in [9.17, 15) is 0 Å². The fraction of sp³-hybridized carbons (Fsp3) is 0.346. The third-order valence-electron chi connectivity index (χ3n) is 6.32. The van der Waals surface area contributed by atoms with E-state index in [1.165, 1.54) is 81.9 Å². The van der Waals surface area contributed by atoms with Crippen molar-refractivity contribution in [3.8, 4) is 0 Å². The van der Waals surface area contributed by atoms with Crippen LogP contribution < -0.4 is 0 Å². The Morgan fingerprint density at radius 3 is 2.37 bits per heavy atom. The van der Waals surface area contributed by atoms with Crippen molar-refractivity contribution in [1.29, 1.82) is 0 Å². The van der Waals surface area contributed by atoms with Crippen LogP contribution in [0.3, 0.4) is 0 Å². The summed E-state index contributed by atoms with van der Waals surface area (Å²) in [6, 6.07) is 16.2. The van der Waals surface area contributed by atoms with Gasteiger partial charge in [0.05, 0.1) is 11.4 Å². The maximum atomic E-state index is 5.14.